The summed E-state index contributed by atoms with van der Waals surface area (Å²) in [5.41, 5.74) is 0.786. The van der Waals surface area contributed by atoms with Gasteiger partial charge in [-0.05, 0) is 30.0 Å². The zero-order chi connectivity index (χ0) is 12.3. The average Bonchev–Trinajstić information content (AvgIpc) is 2.17. The lowest BCUT2D eigenvalue weighted by atomic mass is 9.88. The van der Waals surface area contributed by atoms with E-state index in [0.717, 1.165) is 10.9 Å². The summed E-state index contributed by atoms with van der Waals surface area (Å²) in [6.07, 6.45) is 1.41. The SMILES string of the molecule is CC(C)(C)CCC(=O)c1cc(Br)ccc1Cl. The molecular weight excluding hydrogens is 287 g/mol. The second-order valence-electron chi connectivity index (χ2n) is 5.11. The van der Waals surface area contributed by atoms with Crippen molar-refractivity contribution < 1.29 is 4.79 Å². The molecule has 0 aromatic heterocycles. The van der Waals surface area contributed by atoms with Gasteiger partial charge < -0.3 is 0 Å². The summed E-state index contributed by atoms with van der Waals surface area (Å²) in [5, 5.41) is 0.530. The maximum Gasteiger partial charge on any atom is 0.164 e. The Morgan fingerprint density at radius 1 is 1.38 bits per heavy atom. The molecule has 0 bridgehead atoms. The Morgan fingerprint density at radius 3 is 2.56 bits per heavy atom. The first-order chi connectivity index (χ1) is 7.29. The van der Waals surface area contributed by atoms with Gasteiger partial charge in [0, 0.05) is 16.5 Å². The molecule has 0 N–H and O–H groups in total. The number of hydrogen-bond donors (Lipinski definition) is 0. The van der Waals surface area contributed by atoms with E-state index in [2.05, 4.69) is 36.7 Å². The molecule has 0 saturated carbocycles. The van der Waals surface area contributed by atoms with Gasteiger partial charge in [0.25, 0.3) is 0 Å². The van der Waals surface area contributed by atoms with Crippen LogP contribution < -0.4 is 0 Å². The highest BCUT2D eigenvalue weighted by molar-refractivity contribution is 9.10. The van der Waals surface area contributed by atoms with E-state index in [0.29, 0.717) is 17.0 Å². The van der Waals surface area contributed by atoms with Crippen LogP contribution in [0, 0.1) is 5.41 Å². The van der Waals surface area contributed by atoms with E-state index in [9.17, 15) is 4.79 Å². The van der Waals surface area contributed by atoms with E-state index in [1.807, 2.05) is 6.07 Å². The molecule has 0 fully saturated rings. The van der Waals surface area contributed by atoms with Gasteiger partial charge in [-0.25, -0.2) is 0 Å². The smallest absolute Gasteiger partial charge is 0.164 e. The summed E-state index contributed by atoms with van der Waals surface area (Å²) in [6, 6.07) is 5.37. The third kappa shape index (κ3) is 4.26. The fraction of sp³-hybridized carbons (Fsp3) is 0.462. The van der Waals surface area contributed by atoms with E-state index < -0.39 is 0 Å². The van der Waals surface area contributed by atoms with Crippen molar-refractivity contribution in [2.45, 2.75) is 33.6 Å². The zero-order valence-electron chi connectivity index (χ0n) is 9.81. The maximum absolute atomic E-state index is 12.0. The fourth-order valence-electron chi connectivity index (χ4n) is 1.33. The van der Waals surface area contributed by atoms with Crippen LogP contribution in [-0.2, 0) is 0 Å². The molecular formula is C13H16BrClO. The molecule has 3 heteroatoms. The Hall–Kier alpha value is -0.340. The Kier molecular flexibility index (Phi) is 4.57. The molecule has 16 heavy (non-hydrogen) atoms. The van der Waals surface area contributed by atoms with Crippen LogP contribution in [-0.4, -0.2) is 5.78 Å². The van der Waals surface area contributed by atoms with Crippen LogP contribution in [0.1, 0.15) is 44.0 Å². The number of hydrogen-bond acceptors (Lipinski definition) is 1. The Morgan fingerprint density at radius 2 is 2.00 bits per heavy atom. The van der Waals surface area contributed by atoms with E-state index in [1.165, 1.54) is 0 Å². The van der Waals surface area contributed by atoms with E-state index in [1.54, 1.807) is 12.1 Å². The predicted octanol–water partition coefficient (Wildman–Crippen LogP) is 5.11. The molecule has 0 atom stereocenters. The van der Waals surface area contributed by atoms with Gasteiger partial charge in [0.15, 0.2) is 5.78 Å². The highest BCUT2D eigenvalue weighted by Crippen LogP contribution is 2.26. The van der Waals surface area contributed by atoms with Crippen molar-refractivity contribution in [2.24, 2.45) is 5.41 Å². The lowest BCUT2D eigenvalue weighted by Crippen LogP contribution is -2.09. The Labute approximate surface area is 110 Å². The molecule has 0 unspecified atom stereocenters. The molecule has 1 aromatic carbocycles. The zero-order valence-corrected chi connectivity index (χ0v) is 12.2. The third-order valence-electron chi connectivity index (χ3n) is 2.33. The molecule has 0 aliphatic carbocycles. The highest BCUT2D eigenvalue weighted by atomic mass is 79.9. The first-order valence-electron chi connectivity index (χ1n) is 5.28. The van der Waals surface area contributed by atoms with Crippen molar-refractivity contribution in [3.63, 3.8) is 0 Å². The second-order valence-corrected chi connectivity index (χ2v) is 6.43. The molecule has 0 spiro atoms. The molecule has 1 nitrogen and oxygen atoms in total. The van der Waals surface area contributed by atoms with Gasteiger partial charge in [-0.2, -0.15) is 0 Å². The van der Waals surface area contributed by atoms with Crippen LogP contribution in [0.4, 0.5) is 0 Å². The summed E-state index contributed by atoms with van der Waals surface area (Å²) >= 11 is 9.34. The standard InChI is InChI=1S/C13H16BrClO/c1-13(2,3)7-6-12(16)10-8-9(14)4-5-11(10)15/h4-5,8H,6-7H2,1-3H3. The van der Waals surface area contributed by atoms with Gasteiger partial charge in [0.2, 0.25) is 0 Å². The molecule has 0 aliphatic rings. The summed E-state index contributed by atoms with van der Waals surface area (Å²) in [4.78, 5) is 12.0. The molecule has 1 rings (SSSR count). The average molecular weight is 304 g/mol. The number of benzene rings is 1. The number of carbonyl (C=O) groups excluding carboxylic acids is 1. The van der Waals surface area contributed by atoms with Crippen LogP contribution in [0.25, 0.3) is 0 Å². The quantitative estimate of drug-likeness (QED) is 0.709. The molecule has 0 saturated heterocycles. The van der Waals surface area contributed by atoms with Crippen LogP contribution in [0.3, 0.4) is 0 Å². The minimum atomic E-state index is 0.112. The van der Waals surface area contributed by atoms with E-state index in [4.69, 9.17) is 11.6 Å². The summed E-state index contributed by atoms with van der Waals surface area (Å²) in [5.74, 6) is 0.112. The normalized spacial score (nSPS) is 11.6. The molecule has 0 radical (unpaired) electrons. The van der Waals surface area contributed by atoms with Crippen LogP contribution in [0.15, 0.2) is 22.7 Å². The van der Waals surface area contributed by atoms with Crippen LogP contribution in [0.2, 0.25) is 5.02 Å². The first kappa shape index (κ1) is 13.7. The van der Waals surface area contributed by atoms with Gasteiger partial charge in [0.1, 0.15) is 0 Å². The molecule has 0 amide bonds. The van der Waals surface area contributed by atoms with Crippen LogP contribution in [0.5, 0.6) is 0 Å². The first-order valence-corrected chi connectivity index (χ1v) is 6.45. The fourth-order valence-corrected chi connectivity index (χ4v) is 1.92. The van der Waals surface area contributed by atoms with Gasteiger partial charge in [-0.3, -0.25) is 4.79 Å². The summed E-state index contributed by atoms with van der Waals surface area (Å²) in [6.45, 7) is 6.38. The van der Waals surface area contributed by atoms with Crippen LogP contribution >= 0.6 is 27.5 Å². The Bertz CT molecular complexity index is 393. The minimum Gasteiger partial charge on any atom is -0.294 e. The van der Waals surface area contributed by atoms with Crippen molar-refractivity contribution in [1.82, 2.24) is 0 Å². The topological polar surface area (TPSA) is 17.1 Å². The number of rotatable bonds is 3. The molecule has 0 aliphatic heterocycles. The highest BCUT2D eigenvalue weighted by Gasteiger charge is 2.16. The second kappa shape index (κ2) is 5.33. The molecule has 1 aromatic rings. The number of carbonyl (C=O) groups is 1. The van der Waals surface area contributed by atoms with E-state index >= 15 is 0 Å². The van der Waals surface area contributed by atoms with Crippen molar-refractivity contribution >= 4 is 33.3 Å². The van der Waals surface area contributed by atoms with Crippen molar-refractivity contribution in [1.29, 1.82) is 0 Å². The Balaban J connectivity index is 2.77. The van der Waals surface area contributed by atoms with Gasteiger partial charge in [-0.1, -0.05) is 48.3 Å². The number of halogens is 2. The monoisotopic (exact) mass is 302 g/mol. The van der Waals surface area contributed by atoms with Crippen molar-refractivity contribution in [2.75, 3.05) is 0 Å². The van der Waals surface area contributed by atoms with Crippen molar-refractivity contribution in [3.05, 3.63) is 33.3 Å². The molecule has 88 valence electrons. The predicted molar refractivity (Wildman–Crippen MR) is 72.2 cm³/mol. The molecule has 0 heterocycles. The third-order valence-corrected chi connectivity index (χ3v) is 3.15. The number of ketones is 1. The summed E-state index contributed by atoms with van der Waals surface area (Å²) < 4.78 is 0.885. The number of Topliss-reactive ketones (excluding diaryl/α,β-unsaturated/α-hetero) is 1. The van der Waals surface area contributed by atoms with Gasteiger partial charge in [0.05, 0.1) is 5.02 Å². The lowest BCUT2D eigenvalue weighted by Gasteiger charge is -2.17. The van der Waals surface area contributed by atoms with E-state index in [-0.39, 0.29) is 11.2 Å². The summed E-state index contributed by atoms with van der Waals surface area (Å²) in [7, 11) is 0. The van der Waals surface area contributed by atoms with Crippen molar-refractivity contribution in [3.8, 4) is 0 Å². The van der Waals surface area contributed by atoms with Gasteiger partial charge >= 0.3 is 0 Å². The lowest BCUT2D eigenvalue weighted by molar-refractivity contribution is 0.0966. The van der Waals surface area contributed by atoms with Gasteiger partial charge in [-0.15, -0.1) is 0 Å². The maximum atomic E-state index is 12.0. The largest absolute Gasteiger partial charge is 0.294 e. The minimum absolute atomic E-state index is 0.112.